The molecule has 0 aliphatic heterocycles. The molecule has 0 bridgehead atoms. The Kier molecular flexibility index (Phi) is 6.09. The Morgan fingerprint density at radius 1 is 1.33 bits per heavy atom. The molecule has 18 heavy (non-hydrogen) atoms. The molecule has 0 saturated carbocycles. The summed E-state index contributed by atoms with van der Waals surface area (Å²) in [7, 11) is 0. The minimum atomic E-state index is -0.373. The molecule has 0 saturated heterocycles. The van der Waals surface area contributed by atoms with Crippen LogP contribution in [0.3, 0.4) is 0 Å². The fourth-order valence-electron chi connectivity index (χ4n) is 1.15. The normalized spacial score (nSPS) is 12.0. The van der Waals surface area contributed by atoms with E-state index in [1.807, 2.05) is 6.92 Å². The first-order valence-electron chi connectivity index (χ1n) is 5.93. The molecule has 1 aromatic rings. The molecule has 102 valence electrons. The number of nitrogens with zero attached hydrogens (tertiary/aromatic N) is 3. The number of aliphatic hydroxyl groups excluding tert-OH is 1. The van der Waals surface area contributed by atoms with Crippen LogP contribution in [0.2, 0.25) is 0 Å². The SMILES string of the molecule is CCCOc1nc(NN)nc(NCCC(C)O)n1. The Morgan fingerprint density at radius 3 is 2.67 bits per heavy atom. The van der Waals surface area contributed by atoms with E-state index < -0.39 is 0 Å². The topological polar surface area (TPSA) is 118 Å². The summed E-state index contributed by atoms with van der Waals surface area (Å²) in [6.07, 6.45) is 1.09. The molecule has 8 heteroatoms. The second-order valence-corrected chi connectivity index (χ2v) is 3.82. The molecule has 0 aromatic carbocycles. The smallest absolute Gasteiger partial charge is 0.323 e. The number of aliphatic hydroxyl groups is 1. The molecule has 0 aliphatic rings. The standard InChI is InChI=1S/C10H20N6O2/c1-3-6-18-10-14-8(12-5-4-7(2)17)13-9(15-10)16-11/h7,17H,3-6,11H2,1-2H3,(H2,12,13,14,15,16). The van der Waals surface area contributed by atoms with Crippen LogP contribution in [-0.4, -0.2) is 39.3 Å². The van der Waals surface area contributed by atoms with Gasteiger partial charge in [-0.1, -0.05) is 6.92 Å². The van der Waals surface area contributed by atoms with Crippen LogP contribution in [0.15, 0.2) is 0 Å². The molecule has 1 heterocycles. The first kappa shape index (κ1) is 14.4. The van der Waals surface area contributed by atoms with E-state index in [0.29, 0.717) is 25.5 Å². The van der Waals surface area contributed by atoms with Gasteiger partial charge in [0.1, 0.15) is 0 Å². The van der Waals surface area contributed by atoms with Crippen LogP contribution in [-0.2, 0) is 0 Å². The van der Waals surface area contributed by atoms with Crippen LogP contribution >= 0.6 is 0 Å². The Hall–Kier alpha value is -1.67. The summed E-state index contributed by atoms with van der Waals surface area (Å²) < 4.78 is 5.32. The quantitative estimate of drug-likeness (QED) is 0.383. The van der Waals surface area contributed by atoms with Crippen LogP contribution in [0.1, 0.15) is 26.7 Å². The van der Waals surface area contributed by atoms with Crippen molar-refractivity contribution in [3.8, 4) is 6.01 Å². The van der Waals surface area contributed by atoms with Crippen molar-refractivity contribution in [2.24, 2.45) is 5.84 Å². The Labute approximate surface area is 106 Å². The van der Waals surface area contributed by atoms with E-state index in [4.69, 9.17) is 15.7 Å². The number of hydrogen-bond donors (Lipinski definition) is 4. The summed E-state index contributed by atoms with van der Waals surface area (Å²) in [5.41, 5.74) is 2.35. The molecular weight excluding hydrogens is 236 g/mol. The van der Waals surface area contributed by atoms with Gasteiger partial charge in [-0.2, -0.15) is 15.0 Å². The molecule has 0 amide bonds. The lowest BCUT2D eigenvalue weighted by Crippen LogP contribution is -2.16. The number of ether oxygens (including phenoxy) is 1. The van der Waals surface area contributed by atoms with Gasteiger partial charge in [0, 0.05) is 6.54 Å². The molecule has 1 atom stereocenters. The number of rotatable bonds is 8. The lowest BCUT2D eigenvalue weighted by atomic mass is 10.3. The molecule has 5 N–H and O–H groups in total. The van der Waals surface area contributed by atoms with Gasteiger partial charge in [0.25, 0.3) is 0 Å². The van der Waals surface area contributed by atoms with Crippen molar-refractivity contribution < 1.29 is 9.84 Å². The summed E-state index contributed by atoms with van der Waals surface area (Å²) in [6, 6.07) is 0.222. The van der Waals surface area contributed by atoms with Gasteiger partial charge < -0.3 is 15.2 Å². The van der Waals surface area contributed by atoms with E-state index in [1.165, 1.54) is 0 Å². The predicted molar refractivity (Wildman–Crippen MR) is 68.2 cm³/mol. The minimum absolute atomic E-state index is 0.222. The fraction of sp³-hybridized carbons (Fsp3) is 0.700. The van der Waals surface area contributed by atoms with Gasteiger partial charge in [-0.3, -0.25) is 5.43 Å². The number of nitrogens with two attached hydrogens (primary N) is 1. The third-order valence-corrected chi connectivity index (χ3v) is 2.02. The highest BCUT2D eigenvalue weighted by Gasteiger charge is 2.06. The Morgan fingerprint density at radius 2 is 2.06 bits per heavy atom. The van der Waals surface area contributed by atoms with Crippen molar-refractivity contribution in [3.63, 3.8) is 0 Å². The fourth-order valence-corrected chi connectivity index (χ4v) is 1.15. The maximum atomic E-state index is 9.15. The van der Waals surface area contributed by atoms with E-state index in [-0.39, 0.29) is 18.1 Å². The van der Waals surface area contributed by atoms with Gasteiger partial charge in [-0.15, -0.1) is 0 Å². The van der Waals surface area contributed by atoms with Crippen LogP contribution in [0, 0.1) is 0 Å². The van der Waals surface area contributed by atoms with Crippen molar-refractivity contribution in [2.75, 3.05) is 23.9 Å². The third-order valence-electron chi connectivity index (χ3n) is 2.02. The second kappa shape index (κ2) is 7.62. The number of anilines is 2. The van der Waals surface area contributed by atoms with E-state index >= 15 is 0 Å². The van der Waals surface area contributed by atoms with Gasteiger partial charge in [0.2, 0.25) is 11.9 Å². The third kappa shape index (κ3) is 5.11. The molecule has 1 rings (SSSR count). The molecule has 1 aromatic heterocycles. The van der Waals surface area contributed by atoms with Gasteiger partial charge in [-0.25, -0.2) is 5.84 Å². The number of aromatic nitrogens is 3. The zero-order chi connectivity index (χ0) is 13.4. The Balaban J connectivity index is 2.64. The van der Waals surface area contributed by atoms with Crippen molar-refractivity contribution >= 4 is 11.9 Å². The van der Waals surface area contributed by atoms with Gasteiger partial charge in [-0.05, 0) is 19.8 Å². The molecule has 0 fully saturated rings. The second-order valence-electron chi connectivity index (χ2n) is 3.82. The molecule has 0 aliphatic carbocycles. The zero-order valence-corrected chi connectivity index (χ0v) is 10.7. The minimum Gasteiger partial charge on any atom is -0.463 e. The van der Waals surface area contributed by atoms with Crippen molar-refractivity contribution in [1.29, 1.82) is 0 Å². The number of hydrogen-bond acceptors (Lipinski definition) is 8. The highest BCUT2D eigenvalue weighted by molar-refractivity contribution is 5.34. The summed E-state index contributed by atoms with van der Waals surface area (Å²) >= 11 is 0. The molecular formula is C10H20N6O2. The highest BCUT2D eigenvalue weighted by Crippen LogP contribution is 2.10. The van der Waals surface area contributed by atoms with Crippen LogP contribution < -0.4 is 21.3 Å². The van der Waals surface area contributed by atoms with Crippen LogP contribution in [0.4, 0.5) is 11.9 Å². The zero-order valence-electron chi connectivity index (χ0n) is 10.7. The lowest BCUT2D eigenvalue weighted by Gasteiger charge is -2.09. The maximum absolute atomic E-state index is 9.15. The van der Waals surface area contributed by atoms with E-state index in [9.17, 15) is 0 Å². The van der Waals surface area contributed by atoms with Gasteiger partial charge in [0.15, 0.2) is 0 Å². The number of nitrogens with one attached hydrogen (secondary N) is 2. The van der Waals surface area contributed by atoms with Crippen LogP contribution in [0.5, 0.6) is 6.01 Å². The average molecular weight is 256 g/mol. The maximum Gasteiger partial charge on any atom is 0.323 e. The van der Waals surface area contributed by atoms with E-state index in [1.54, 1.807) is 6.92 Å². The van der Waals surface area contributed by atoms with E-state index in [0.717, 1.165) is 6.42 Å². The van der Waals surface area contributed by atoms with Crippen molar-refractivity contribution in [1.82, 2.24) is 15.0 Å². The highest BCUT2D eigenvalue weighted by atomic mass is 16.5. The van der Waals surface area contributed by atoms with Crippen molar-refractivity contribution in [2.45, 2.75) is 32.8 Å². The lowest BCUT2D eigenvalue weighted by molar-refractivity contribution is 0.188. The predicted octanol–water partition coefficient (Wildman–Crippen LogP) is 0.129. The van der Waals surface area contributed by atoms with Crippen molar-refractivity contribution in [3.05, 3.63) is 0 Å². The molecule has 1 unspecified atom stereocenters. The summed E-state index contributed by atoms with van der Waals surface area (Å²) in [6.45, 7) is 4.79. The summed E-state index contributed by atoms with van der Waals surface area (Å²) in [5.74, 6) is 5.86. The van der Waals surface area contributed by atoms with Gasteiger partial charge >= 0.3 is 6.01 Å². The molecule has 8 nitrogen and oxygen atoms in total. The Bertz CT molecular complexity index is 360. The summed E-state index contributed by atoms with van der Waals surface area (Å²) in [5, 5.41) is 12.1. The van der Waals surface area contributed by atoms with Crippen LogP contribution in [0.25, 0.3) is 0 Å². The van der Waals surface area contributed by atoms with E-state index in [2.05, 4.69) is 25.7 Å². The largest absolute Gasteiger partial charge is 0.463 e. The number of nitrogen functional groups attached to an aromatic ring is 1. The monoisotopic (exact) mass is 256 g/mol. The molecule has 0 spiro atoms. The molecule has 0 radical (unpaired) electrons. The number of hydrazine groups is 1. The van der Waals surface area contributed by atoms with Gasteiger partial charge in [0.05, 0.1) is 12.7 Å². The summed E-state index contributed by atoms with van der Waals surface area (Å²) in [4.78, 5) is 12.1. The average Bonchev–Trinajstić information content (AvgIpc) is 2.35. The first-order chi connectivity index (χ1) is 8.65. The first-order valence-corrected chi connectivity index (χ1v) is 5.93.